The van der Waals surface area contributed by atoms with Crippen molar-refractivity contribution in [3.05, 3.63) is 11.6 Å². The van der Waals surface area contributed by atoms with Crippen LogP contribution in [0.2, 0.25) is 0 Å². The van der Waals surface area contributed by atoms with E-state index in [2.05, 4.69) is 16.0 Å². The van der Waals surface area contributed by atoms with Crippen LogP contribution in [-0.2, 0) is 15.1 Å². The molecular weight excluding hydrogens is 234 g/mol. The molecule has 1 aliphatic heterocycles. The minimum atomic E-state index is -1.06. The number of carbonyl (C=O) groups is 1. The smallest absolute Gasteiger partial charge is 0.335 e. The van der Waals surface area contributed by atoms with Crippen molar-refractivity contribution in [2.75, 3.05) is 0 Å². The Morgan fingerprint density at radius 2 is 2.39 bits per heavy atom. The normalized spacial score (nSPS) is 28.2. The molecule has 1 aromatic heterocycles. The number of carbonyl (C=O) groups excluding carboxylic acids is 1. The fourth-order valence-electron chi connectivity index (χ4n) is 1.92. The van der Waals surface area contributed by atoms with Gasteiger partial charge in [-0.1, -0.05) is 0 Å². The quantitative estimate of drug-likeness (QED) is 0.616. The highest BCUT2D eigenvalue weighted by Crippen LogP contribution is 2.33. The molecule has 0 radical (unpaired) electrons. The minimum absolute atomic E-state index is 0.161. The van der Waals surface area contributed by atoms with E-state index in [9.17, 15) is 9.90 Å². The number of terminal acetylenes is 1. The molecule has 18 heavy (non-hydrogen) atoms. The van der Waals surface area contributed by atoms with Gasteiger partial charge in [0.1, 0.15) is 6.10 Å². The summed E-state index contributed by atoms with van der Waals surface area (Å²) in [7, 11) is 0. The van der Waals surface area contributed by atoms with Crippen molar-refractivity contribution in [3.63, 3.8) is 0 Å². The number of aliphatic hydroxyl groups excluding tert-OH is 1. The van der Waals surface area contributed by atoms with Crippen LogP contribution in [0.5, 0.6) is 0 Å². The molecule has 96 valence electrons. The van der Waals surface area contributed by atoms with E-state index in [4.69, 9.17) is 11.2 Å². The van der Waals surface area contributed by atoms with Gasteiger partial charge in [0, 0.05) is 6.42 Å². The van der Waals surface area contributed by atoms with Gasteiger partial charge < -0.3 is 9.84 Å². The molecule has 0 aliphatic carbocycles. The van der Waals surface area contributed by atoms with Crippen LogP contribution in [0.1, 0.15) is 51.0 Å². The highest BCUT2D eigenvalue weighted by atomic mass is 16.5. The second-order valence-electron chi connectivity index (χ2n) is 4.62. The molecule has 6 heteroatoms. The number of fused-ring (bicyclic) bond motifs is 1. The fraction of sp³-hybridized carbons (Fsp3) is 0.583. The summed E-state index contributed by atoms with van der Waals surface area (Å²) < 4.78 is 6.71. The summed E-state index contributed by atoms with van der Waals surface area (Å²) >= 11 is 0. The lowest BCUT2D eigenvalue weighted by molar-refractivity contribution is -0.165. The van der Waals surface area contributed by atoms with Crippen LogP contribution in [0.4, 0.5) is 0 Å². The Kier molecular flexibility index (Phi) is 2.87. The Balaban J connectivity index is 2.58. The van der Waals surface area contributed by atoms with Crippen LogP contribution in [0.25, 0.3) is 0 Å². The maximum atomic E-state index is 12.0. The standard InChI is InChI=1S/C12H15N3O3/c1-5-6-12(4)11(17)18-8(3)10-13-9(7(2)16)14-15(10)12/h1,7-8,16H,6H2,2-4H3. The summed E-state index contributed by atoms with van der Waals surface area (Å²) in [5, 5.41) is 13.7. The van der Waals surface area contributed by atoms with Gasteiger partial charge in [0.2, 0.25) is 0 Å². The molecule has 6 nitrogen and oxygen atoms in total. The molecule has 0 bridgehead atoms. The van der Waals surface area contributed by atoms with Crippen LogP contribution in [0, 0.1) is 12.3 Å². The van der Waals surface area contributed by atoms with Crippen molar-refractivity contribution in [1.82, 2.24) is 14.8 Å². The van der Waals surface area contributed by atoms with E-state index >= 15 is 0 Å². The molecule has 2 rings (SSSR count). The molecule has 0 amide bonds. The van der Waals surface area contributed by atoms with E-state index in [1.165, 1.54) is 4.68 Å². The third-order valence-corrected chi connectivity index (χ3v) is 3.02. The summed E-state index contributed by atoms with van der Waals surface area (Å²) in [5.41, 5.74) is -1.06. The first kappa shape index (κ1) is 12.6. The monoisotopic (exact) mass is 249 g/mol. The maximum absolute atomic E-state index is 12.0. The van der Waals surface area contributed by atoms with Crippen LogP contribution in [0.15, 0.2) is 0 Å². The SMILES string of the molecule is C#CCC1(C)C(=O)OC(C)c2nc(C(C)O)nn21. The molecule has 0 spiro atoms. The molecule has 2 heterocycles. The lowest BCUT2D eigenvalue weighted by atomic mass is 9.97. The number of nitrogens with zero attached hydrogens (tertiary/aromatic N) is 3. The second-order valence-corrected chi connectivity index (χ2v) is 4.62. The summed E-state index contributed by atoms with van der Waals surface area (Å²) in [4.78, 5) is 16.2. The van der Waals surface area contributed by atoms with E-state index in [-0.39, 0.29) is 12.2 Å². The van der Waals surface area contributed by atoms with E-state index in [0.717, 1.165) is 0 Å². The highest BCUT2D eigenvalue weighted by molar-refractivity contribution is 5.80. The van der Waals surface area contributed by atoms with Gasteiger partial charge in [-0.15, -0.1) is 12.3 Å². The van der Waals surface area contributed by atoms with Crippen LogP contribution >= 0.6 is 0 Å². The van der Waals surface area contributed by atoms with Gasteiger partial charge in [0.25, 0.3) is 0 Å². The number of aromatic nitrogens is 3. The summed E-state index contributed by atoms with van der Waals surface area (Å²) in [6, 6.07) is 0. The van der Waals surface area contributed by atoms with Crippen LogP contribution in [0.3, 0.4) is 0 Å². The van der Waals surface area contributed by atoms with Crippen molar-refractivity contribution in [3.8, 4) is 12.3 Å². The predicted molar refractivity (Wildman–Crippen MR) is 62.3 cm³/mol. The average Bonchev–Trinajstić information content (AvgIpc) is 2.73. The van der Waals surface area contributed by atoms with Crippen molar-refractivity contribution in [2.24, 2.45) is 0 Å². The topological polar surface area (TPSA) is 77.2 Å². The first-order valence-electron chi connectivity index (χ1n) is 5.70. The summed E-state index contributed by atoms with van der Waals surface area (Å²) in [6.07, 6.45) is 4.16. The average molecular weight is 249 g/mol. The summed E-state index contributed by atoms with van der Waals surface area (Å²) in [6.45, 7) is 4.93. The van der Waals surface area contributed by atoms with Gasteiger partial charge >= 0.3 is 5.97 Å². The third-order valence-electron chi connectivity index (χ3n) is 3.02. The van der Waals surface area contributed by atoms with Crippen molar-refractivity contribution in [2.45, 2.75) is 44.9 Å². The first-order valence-corrected chi connectivity index (χ1v) is 5.70. The lowest BCUT2D eigenvalue weighted by Crippen LogP contribution is -2.46. The van der Waals surface area contributed by atoms with Crippen molar-refractivity contribution >= 4 is 5.97 Å². The molecule has 0 saturated carbocycles. The zero-order chi connectivity index (χ0) is 13.5. The van der Waals surface area contributed by atoms with Crippen LogP contribution < -0.4 is 0 Å². The first-order chi connectivity index (χ1) is 8.40. The number of cyclic esters (lactones) is 1. The number of rotatable bonds is 2. The summed E-state index contributed by atoms with van der Waals surface area (Å²) in [5.74, 6) is 2.79. The number of esters is 1. The zero-order valence-electron chi connectivity index (χ0n) is 10.5. The predicted octanol–water partition coefficient (Wildman–Crippen LogP) is 0.688. The molecule has 0 aromatic carbocycles. The number of hydrogen-bond donors (Lipinski definition) is 1. The molecular formula is C12H15N3O3. The molecule has 1 aliphatic rings. The number of aliphatic hydroxyl groups is 1. The Labute approximate surface area is 105 Å². The van der Waals surface area contributed by atoms with Crippen molar-refractivity contribution in [1.29, 1.82) is 0 Å². The van der Waals surface area contributed by atoms with Gasteiger partial charge in [-0.25, -0.2) is 14.5 Å². The Hall–Kier alpha value is -1.87. The third kappa shape index (κ3) is 1.68. The number of ether oxygens (including phenoxy) is 1. The lowest BCUT2D eigenvalue weighted by Gasteiger charge is -2.33. The van der Waals surface area contributed by atoms with Gasteiger partial charge in [-0.05, 0) is 20.8 Å². The van der Waals surface area contributed by atoms with Gasteiger partial charge in [0.15, 0.2) is 23.3 Å². The van der Waals surface area contributed by atoms with E-state index in [0.29, 0.717) is 5.82 Å². The molecule has 3 atom stereocenters. The molecule has 0 saturated heterocycles. The van der Waals surface area contributed by atoms with E-state index < -0.39 is 23.7 Å². The van der Waals surface area contributed by atoms with Crippen molar-refractivity contribution < 1.29 is 14.6 Å². The largest absolute Gasteiger partial charge is 0.453 e. The van der Waals surface area contributed by atoms with Gasteiger partial charge in [-0.3, -0.25) is 0 Å². The zero-order valence-corrected chi connectivity index (χ0v) is 10.5. The van der Waals surface area contributed by atoms with E-state index in [1.54, 1.807) is 20.8 Å². The maximum Gasteiger partial charge on any atom is 0.335 e. The molecule has 1 aromatic rings. The van der Waals surface area contributed by atoms with Gasteiger partial charge in [0.05, 0.1) is 0 Å². The molecule has 0 fully saturated rings. The van der Waals surface area contributed by atoms with Crippen LogP contribution in [-0.4, -0.2) is 25.8 Å². The number of hydrogen-bond acceptors (Lipinski definition) is 5. The highest BCUT2D eigenvalue weighted by Gasteiger charge is 2.46. The van der Waals surface area contributed by atoms with E-state index in [1.807, 2.05) is 0 Å². The Morgan fingerprint density at radius 3 is 2.94 bits per heavy atom. The minimum Gasteiger partial charge on any atom is -0.453 e. The fourth-order valence-corrected chi connectivity index (χ4v) is 1.92. The van der Waals surface area contributed by atoms with Gasteiger partial charge in [-0.2, -0.15) is 5.10 Å². The Bertz CT molecular complexity index is 529. The molecule has 1 N–H and O–H groups in total. The second kappa shape index (κ2) is 4.10. The Morgan fingerprint density at radius 1 is 1.72 bits per heavy atom. The molecule has 3 unspecified atom stereocenters.